The van der Waals surface area contributed by atoms with Gasteiger partial charge in [0.2, 0.25) is 0 Å². The zero-order chi connectivity index (χ0) is 22.6. The van der Waals surface area contributed by atoms with Crippen LogP contribution in [-0.4, -0.2) is 25.4 Å². The van der Waals surface area contributed by atoms with Crippen molar-refractivity contribution in [2.45, 2.75) is 17.9 Å². The van der Waals surface area contributed by atoms with E-state index in [1.54, 1.807) is 25.1 Å². The van der Waals surface area contributed by atoms with E-state index >= 15 is 0 Å². The average molecular weight is 448 g/mol. The zero-order valence-corrected chi connectivity index (χ0v) is 18.0. The molecule has 0 radical (unpaired) electrons. The van der Waals surface area contributed by atoms with Gasteiger partial charge in [0.05, 0.1) is 4.90 Å². The maximum absolute atomic E-state index is 12.5. The van der Waals surface area contributed by atoms with Gasteiger partial charge in [0.25, 0.3) is 15.9 Å². The molecule has 4 rings (SSSR count). The van der Waals surface area contributed by atoms with Gasteiger partial charge in [-0.3, -0.25) is 9.52 Å². The lowest BCUT2D eigenvalue weighted by atomic mass is 10.1. The van der Waals surface area contributed by atoms with Crippen molar-refractivity contribution in [3.8, 4) is 5.75 Å². The van der Waals surface area contributed by atoms with Crippen molar-refractivity contribution in [3.63, 3.8) is 0 Å². The Morgan fingerprint density at radius 1 is 0.906 bits per heavy atom. The molecule has 32 heavy (non-hydrogen) atoms. The fourth-order valence-corrected chi connectivity index (χ4v) is 4.09. The van der Waals surface area contributed by atoms with Gasteiger partial charge in [-0.2, -0.15) is 0 Å². The first kappa shape index (κ1) is 21.3. The Bertz CT molecular complexity index is 1340. The Hall–Kier alpha value is -3.91. The van der Waals surface area contributed by atoms with Gasteiger partial charge >= 0.3 is 0 Å². The molecule has 1 amide bonds. The first-order valence-corrected chi connectivity index (χ1v) is 11.4. The van der Waals surface area contributed by atoms with E-state index in [-0.39, 0.29) is 16.6 Å². The Morgan fingerprint density at radius 3 is 2.34 bits per heavy atom. The standard InChI is InChI=1S/C24H21N3O4S/c1-17(31-21-12-9-18-6-2-3-7-19(18)16-21)24(28)26-20-10-13-22(14-11-20)32(29,30)27-23-8-4-5-15-25-23/h2-17H,1H3,(H,25,27)(H,26,28)/t17-/m1/s1. The van der Waals surface area contributed by atoms with Gasteiger partial charge < -0.3 is 10.1 Å². The van der Waals surface area contributed by atoms with Crippen LogP contribution in [0.4, 0.5) is 11.5 Å². The number of carbonyl (C=O) groups is 1. The summed E-state index contributed by atoms with van der Waals surface area (Å²) in [6.07, 6.45) is 0.753. The number of benzene rings is 3. The highest BCUT2D eigenvalue weighted by Gasteiger charge is 2.17. The number of nitrogens with zero attached hydrogens (tertiary/aromatic N) is 1. The molecule has 0 aliphatic rings. The minimum Gasteiger partial charge on any atom is -0.481 e. The number of amides is 1. The molecular formula is C24H21N3O4S. The molecule has 0 spiro atoms. The number of ether oxygens (including phenoxy) is 1. The number of aromatic nitrogens is 1. The summed E-state index contributed by atoms with van der Waals surface area (Å²) in [4.78, 5) is 16.5. The molecule has 0 unspecified atom stereocenters. The van der Waals surface area contributed by atoms with Gasteiger partial charge in [-0.05, 0) is 66.2 Å². The highest BCUT2D eigenvalue weighted by atomic mass is 32.2. The molecule has 0 saturated carbocycles. The predicted molar refractivity (Wildman–Crippen MR) is 124 cm³/mol. The summed E-state index contributed by atoms with van der Waals surface area (Å²) in [5.74, 6) is 0.471. The lowest BCUT2D eigenvalue weighted by Gasteiger charge is -2.15. The smallest absolute Gasteiger partial charge is 0.265 e. The monoisotopic (exact) mass is 447 g/mol. The number of carbonyl (C=O) groups excluding carboxylic acids is 1. The number of hydrogen-bond donors (Lipinski definition) is 2. The van der Waals surface area contributed by atoms with E-state index in [0.717, 1.165) is 10.8 Å². The second-order valence-corrected chi connectivity index (χ2v) is 8.79. The quantitative estimate of drug-likeness (QED) is 0.436. The molecule has 1 aromatic heterocycles. The van der Waals surface area contributed by atoms with Crippen LogP contribution in [0.25, 0.3) is 10.8 Å². The number of hydrogen-bond acceptors (Lipinski definition) is 5. The molecular weight excluding hydrogens is 426 g/mol. The maximum Gasteiger partial charge on any atom is 0.265 e. The summed E-state index contributed by atoms with van der Waals surface area (Å²) in [5.41, 5.74) is 0.459. The number of pyridine rings is 1. The van der Waals surface area contributed by atoms with Crippen LogP contribution in [0, 0.1) is 0 Å². The molecule has 3 aromatic carbocycles. The SMILES string of the molecule is C[C@@H](Oc1ccc2ccccc2c1)C(=O)Nc1ccc(S(=O)(=O)Nc2ccccn2)cc1. The van der Waals surface area contributed by atoms with E-state index in [4.69, 9.17) is 4.74 Å². The van der Waals surface area contributed by atoms with Crippen molar-refractivity contribution < 1.29 is 17.9 Å². The Morgan fingerprint density at radius 2 is 1.62 bits per heavy atom. The van der Waals surface area contributed by atoms with Crippen molar-refractivity contribution in [2.24, 2.45) is 0 Å². The van der Waals surface area contributed by atoms with Crippen LogP contribution < -0.4 is 14.8 Å². The second-order valence-electron chi connectivity index (χ2n) is 7.10. The third kappa shape index (κ3) is 5.04. The van der Waals surface area contributed by atoms with E-state index in [9.17, 15) is 13.2 Å². The third-order valence-electron chi connectivity index (χ3n) is 4.74. The molecule has 162 valence electrons. The Kier molecular flexibility index (Phi) is 6.04. The molecule has 1 atom stereocenters. The van der Waals surface area contributed by atoms with Crippen molar-refractivity contribution in [1.82, 2.24) is 4.98 Å². The number of nitrogens with one attached hydrogen (secondary N) is 2. The molecule has 0 aliphatic heterocycles. The molecule has 8 heteroatoms. The van der Waals surface area contributed by atoms with Gasteiger partial charge in [0, 0.05) is 11.9 Å². The number of sulfonamides is 1. The van der Waals surface area contributed by atoms with Gasteiger partial charge in [-0.1, -0.05) is 36.4 Å². The van der Waals surface area contributed by atoms with Crippen LogP contribution >= 0.6 is 0 Å². The molecule has 0 aliphatic carbocycles. The molecule has 2 N–H and O–H groups in total. The number of anilines is 2. The highest BCUT2D eigenvalue weighted by molar-refractivity contribution is 7.92. The average Bonchev–Trinajstić information content (AvgIpc) is 2.79. The van der Waals surface area contributed by atoms with Gasteiger partial charge in [0.1, 0.15) is 11.6 Å². The van der Waals surface area contributed by atoms with Crippen LogP contribution in [-0.2, 0) is 14.8 Å². The van der Waals surface area contributed by atoms with Crippen molar-refractivity contribution >= 4 is 38.2 Å². The van der Waals surface area contributed by atoms with E-state index in [1.165, 1.54) is 30.5 Å². The van der Waals surface area contributed by atoms with Crippen LogP contribution in [0.2, 0.25) is 0 Å². The summed E-state index contributed by atoms with van der Waals surface area (Å²) in [6.45, 7) is 1.65. The largest absolute Gasteiger partial charge is 0.481 e. The van der Waals surface area contributed by atoms with Crippen molar-refractivity contribution in [3.05, 3.63) is 91.1 Å². The van der Waals surface area contributed by atoms with Crippen LogP contribution in [0.1, 0.15) is 6.92 Å². The van der Waals surface area contributed by atoms with Crippen LogP contribution in [0.3, 0.4) is 0 Å². The minimum absolute atomic E-state index is 0.0571. The molecule has 1 heterocycles. The number of rotatable bonds is 7. The van der Waals surface area contributed by atoms with Crippen LogP contribution in [0.5, 0.6) is 5.75 Å². The van der Waals surface area contributed by atoms with Gasteiger partial charge in [0.15, 0.2) is 6.10 Å². The summed E-state index contributed by atoms with van der Waals surface area (Å²) in [6, 6.07) is 24.3. The van der Waals surface area contributed by atoms with Gasteiger partial charge in [-0.15, -0.1) is 0 Å². The first-order valence-electron chi connectivity index (χ1n) is 9.91. The Labute approximate surface area is 186 Å². The zero-order valence-electron chi connectivity index (χ0n) is 17.2. The highest BCUT2D eigenvalue weighted by Crippen LogP contribution is 2.22. The van der Waals surface area contributed by atoms with E-state index in [1.807, 2.05) is 42.5 Å². The van der Waals surface area contributed by atoms with E-state index < -0.39 is 16.1 Å². The lowest BCUT2D eigenvalue weighted by Crippen LogP contribution is -2.30. The van der Waals surface area contributed by atoms with Gasteiger partial charge in [-0.25, -0.2) is 13.4 Å². The predicted octanol–water partition coefficient (Wildman–Crippen LogP) is 4.44. The first-order chi connectivity index (χ1) is 15.4. The normalized spacial score (nSPS) is 12.2. The summed E-state index contributed by atoms with van der Waals surface area (Å²) < 4.78 is 33.1. The van der Waals surface area contributed by atoms with Crippen LogP contribution in [0.15, 0.2) is 96.0 Å². The molecule has 0 bridgehead atoms. The molecule has 4 aromatic rings. The van der Waals surface area contributed by atoms with Crippen molar-refractivity contribution in [2.75, 3.05) is 10.0 Å². The fraction of sp³-hybridized carbons (Fsp3) is 0.0833. The minimum atomic E-state index is -3.78. The molecule has 0 fully saturated rings. The molecule has 0 saturated heterocycles. The van der Waals surface area contributed by atoms with E-state index in [2.05, 4.69) is 15.0 Å². The number of fused-ring (bicyclic) bond motifs is 1. The van der Waals surface area contributed by atoms with E-state index in [0.29, 0.717) is 11.4 Å². The summed E-state index contributed by atoms with van der Waals surface area (Å²) in [7, 11) is -3.78. The topological polar surface area (TPSA) is 97.4 Å². The second kappa shape index (κ2) is 9.07. The lowest BCUT2D eigenvalue weighted by molar-refractivity contribution is -0.122. The summed E-state index contributed by atoms with van der Waals surface area (Å²) in [5, 5.41) is 4.85. The van der Waals surface area contributed by atoms with Crippen molar-refractivity contribution in [1.29, 1.82) is 0 Å². The Balaban J connectivity index is 1.39. The third-order valence-corrected chi connectivity index (χ3v) is 6.11. The summed E-state index contributed by atoms with van der Waals surface area (Å²) >= 11 is 0. The molecule has 7 nitrogen and oxygen atoms in total. The fourth-order valence-electron chi connectivity index (χ4n) is 3.08. The maximum atomic E-state index is 12.5.